The van der Waals surface area contributed by atoms with E-state index in [2.05, 4.69) is 35.0 Å². The van der Waals surface area contributed by atoms with Crippen LogP contribution in [0, 0.1) is 12.3 Å². The molecule has 3 heteroatoms. The van der Waals surface area contributed by atoms with Crippen LogP contribution in [-0.2, 0) is 0 Å². The maximum Gasteiger partial charge on any atom is 0.0453 e. The largest absolute Gasteiger partial charge is 0.306 e. The second kappa shape index (κ2) is 6.33. The Morgan fingerprint density at radius 1 is 1.50 bits per heavy atom. The first-order valence-corrected chi connectivity index (χ1v) is 5.29. The van der Waals surface area contributed by atoms with Crippen molar-refractivity contribution in [3.05, 3.63) is 11.9 Å². The Bertz CT molecular complexity index is 227. The predicted octanol–water partition coefficient (Wildman–Crippen LogP) is 1.76. The molecule has 2 N–H and O–H groups in total. The minimum Gasteiger partial charge on any atom is -0.306 e. The molecule has 0 unspecified atom stereocenters. The Kier molecular flexibility index (Phi) is 4.95. The third-order valence-electron chi connectivity index (χ3n) is 2.16. The highest BCUT2D eigenvalue weighted by Gasteiger charge is 2.08. The number of hydrazine groups is 2. The molecule has 0 aliphatic carbocycles. The molecular formula is C11H19N3. The summed E-state index contributed by atoms with van der Waals surface area (Å²) < 4.78 is 0. The molecule has 1 aliphatic rings. The lowest BCUT2D eigenvalue weighted by molar-refractivity contribution is 0.265. The molecule has 0 radical (unpaired) electrons. The van der Waals surface area contributed by atoms with Gasteiger partial charge in [-0.15, -0.1) is 17.9 Å². The van der Waals surface area contributed by atoms with Crippen LogP contribution >= 0.6 is 0 Å². The van der Waals surface area contributed by atoms with Crippen molar-refractivity contribution in [2.45, 2.75) is 39.0 Å². The third-order valence-corrected chi connectivity index (χ3v) is 2.16. The molecule has 0 fully saturated rings. The van der Waals surface area contributed by atoms with Crippen LogP contribution in [0.4, 0.5) is 0 Å². The fraction of sp³-hybridized carbons (Fsp3) is 0.636. The highest BCUT2D eigenvalue weighted by molar-refractivity contribution is 5.01. The Morgan fingerprint density at radius 3 is 3.07 bits per heavy atom. The van der Waals surface area contributed by atoms with Crippen molar-refractivity contribution < 1.29 is 0 Å². The summed E-state index contributed by atoms with van der Waals surface area (Å²) in [5.74, 6) is 2.65. The minimum atomic E-state index is 0.882. The van der Waals surface area contributed by atoms with Gasteiger partial charge in [0.2, 0.25) is 0 Å². The smallest absolute Gasteiger partial charge is 0.0453 e. The van der Waals surface area contributed by atoms with Gasteiger partial charge in [-0.3, -0.25) is 5.01 Å². The van der Waals surface area contributed by atoms with E-state index < -0.39 is 0 Å². The number of nitrogens with zero attached hydrogens (tertiary/aromatic N) is 1. The van der Waals surface area contributed by atoms with Gasteiger partial charge in [0.05, 0.1) is 0 Å². The molecular weight excluding hydrogens is 174 g/mol. The van der Waals surface area contributed by atoms with E-state index in [4.69, 9.17) is 6.42 Å². The van der Waals surface area contributed by atoms with Crippen LogP contribution in [0.25, 0.3) is 0 Å². The van der Waals surface area contributed by atoms with Crippen molar-refractivity contribution in [2.24, 2.45) is 0 Å². The van der Waals surface area contributed by atoms with E-state index in [0.717, 1.165) is 32.2 Å². The Balaban J connectivity index is 2.12. The standard InChI is InChI=1S/C11H19N3/c1-3-5-6-7-9-14-10-11(8-4-2)12-13-14/h1,10,12-13H,4-9H2,2H3. The van der Waals surface area contributed by atoms with Gasteiger partial charge in [-0.2, -0.15) is 0 Å². The zero-order valence-corrected chi connectivity index (χ0v) is 8.84. The predicted molar refractivity (Wildman–Crippen MR) is 58.7 cm³/mol. The minimum absolute atomic E-state index is 0.882. The van der Waals surface area contributed by atoms with Gasteiger partial charge in [-0.1, -0.05) is 13.3 Å². The summed E-state index contributed by atoms with van der Waals surface area (Å²) in [4.78, 5) is 0. The number of hydrogen-bond acceptors (Lipinski definition) is 3. The van der Waals surface area contributed by atoms with Gasteiger partial charge in [0.15, 0.2) is 0 Å². The van der Waals surface area contributed by atoms with E-state index in [1.165, 1.54) is 12.1 Å². The summed E-state index contributed by atoms with van der Waals surface area (Å²) >= 11 is 0. The Morgan fingerprint density at radius 2 is 2.36 bits per heavy atom. The summed E-state index contributed by atoms with van der Waals surface area (Å²) in [5.41, 5.74) is 7.52. The normalized spacial score (nSPS) is 14.9. The number of rotatable bonds is 6. The molecule has 0 spiro atoms. The van der Waals surface area contributed by atoms with Crippen molar-refractivity contribution in [3.63, 3.8) is 0 Å². The fourth-order valence-electron chi connectivity index (χ4n) is 1.42. The number of unbranched alkanes of at least 4 members (excludes halogenated alkanes) is 2. The van der Waals surface area contributed by atoms with Crippen LogP contribution in [0.5, 0.6) is 0 Å². The molecule has 0 aromatic rings. The highest BCUT2D eigenvalue weighted by atomic mass is 15.7. The molecule has 78 valence electrons. The van der Waals surface area contributed by atoms with Crippen LogP contribution < -0.4 is 11.0 Å². The van der Waals surface area contributed by atoms with Crippen molar-refractivity contribution in [1.82, 2.24) is 16.0 Å². The van der Waals surface area contributed by atoms with E-state index in [9.17, 15) is 0 Å². The van der Waals surface area contributed by atoms with Crippen molar-refractivity contribution >= 4 is 0 Å². The van der Waals surface area contributed by atoms with E-state index in [1.807, 2.05) is 0 Å². The van der Waals surface area contributed by atoms with Gasteiger partial charge >= 0.3 is 0 Å². The number of terminal acetylenes is 1. The highest BCUT2D eigenvalue weighted by Crippen LogP contribution is 2.07. The summed E-state index contributed by atoms with van der Waals surface area (Å²) in [6.07, 6.45) is 12.7. The average Bonchev–Trinajstić information content (AvgIpc) is 2.61. The quantitative estimate of drug-likeness (QED) is 0.497. The lowest BCUT2D eigenvalue weighted by Gasteiger charge is -2.14. The third kappa shape index (κ3) is 3.71. The maximum atomic E-state index is 5.18. The summed E-state index contributed by atoms with van der Waals surface area (Å²) in [6, 6.07) is 0. The first kappa shape index (κ1) is 10.9. The molecule has 3 nitrogen and oxygen atoms in total. The van der Waals surface area contributed by atoms with Crippen LogP contribution in [0.2, 0.25) is 0 Å². The SMILES string of the molecule is C#CCCCCN1C=C(CCC)NN1. The van der Waals surface area contributed by atoms with Gasteiger partial charge in [-0.25, -0.2) is 0 Å². The molecule has 0 saturated carbocycles. The molecule has 0 amide bonds. The number of allylic oxidation sites excluding steroid dienone is 1. The van der Waals surface area contributed by atoms with E-state index in [0.29, 0.717) is 0 Å². The number of hydrogen-bond donors (Lipinski definition) is 2. The van der Waals surface area contributed by atoms with Gasteiger partial charge in [0.25, 0.3) is 0 Å². The molecule has 0 aromatic heterocycles. The van der Waals surface area contributed by atoms with Gasteiger partial charge in [0.1, 0.15) is 0 Å². The molecule has 0 aromatic carbocycles. The molecule has 0 saturated heterocycles. The van der Waals surface area contributed by atoms with Crippen LogP contribution in [-0.4, -0.2) is 11.6 Å². The van der Waals surface area contributed by atoms with E-state index >= 15 is 0 Å². The molecule has 1 heterocycles. The van der Waals surface area contributed by atoms with Crippen molar-refractivity contribution in [1.29, 1.82) is 0 Å². The zero-order chi connectivity index (χ0) is 10.2. The van der Waals surface area contributed by atoms with Crippen LogP contribution in [0.3, 0.4) is 0 Å². The molecule has 14 heavy (non-hydrogen) atoms. The van der Waals surface area contributed by atoms with E-state index in [1.54, 1.807) is 0 Å². The number of nitrogens with one attached hydrogen (secondary N) is 2. The summed E-state index contributed by atoms with van der Waals surface area (Å²) in [5, 5.41) is 2.08. The lowest BCUT2D eigenvalue weighted by Crippen LogP contribution is -2.36. The first-order valence-electron chi connectivity index (χ1n) is 5.29. The second-order valence-corrected chi connectivity index (χ2v) is 3.50. The van der Waals surface area contributed by atoms with Gasteiger partial charge < -0.3 is 5.43 Å². The van der Waals surface area contributed by atoms with Crippen molar-refractivity contribution in [2.75, 3.05) is 6.54 Å². The Hall–Kier alpha value is -1.14. The van der Waals surface area contributed by atoms with Crippen molar-refractivity contribution in [3.8, 4) is 12.3 Å². The molecule has 0 atom stereocenters. The molecule has 1 rings (SSSR count). The van der Waals surface area contributed by atoms with E-state index in [-0.39, 0.29) is 0 Å². The molecule has 0 bridgehead atoms. The van der Waals surface area contributed by atoms with Gasteiger partial charge in [0, 0.05) is 24.9 Å². The molecule has 1 aliphatic heterocycles. The lowest BCUT2D eigenvalue weighted by atomic mass is 10.2. The second-order valence-electron chi connectivity index (χ2n) is 3.50. The fourth-order valence-corrected chi connectivity index (χ4v) is 1.42. The topological polar surface area (TPSA) is 27.3 Å². The van der Waals surface area contributed by atoms with Crippen LogP contribution in [0.15, 0.2) is 11.9 Å². The zero-order valence-electron chi connectivity index (χ0n) is 8.84. The maximum absolute atomic E-state index is 5.18. The first-order chi connectivity index (χ1) is 6.86. The van der Waals surface area contributed by atoms with Crippen LogP contribution in [0.1, 0.15) is 39.0 Å². The van der Waals surface area contributed by atoms with Gasteiger partial charge in [-0.05, 0) is 19.3 Å². The summed E-state index contributed by atoms with van der Waals surface area (Å²) in [6.45, 7) is 3.19. The summed E-state index contributed by atoms with van der Waals surface area (Å²) in [7, 11) is 0. The Labute approximate surface area is 86.5 Å². The monoisotopic (exact) mass is 193 g/mol. The average molecular weight is 193 g/mol.